The molecule has 0 saturated heterocycles. The lowest BCUT2D eigenvalue weighted by atomic mass is 10.2. The van der Waals surface area contributed by atoms with Gasteiger partial charge in [0.2, 0.25) is 0 Å². The van der Waals surface area contributed by atoms with Crippen LogP contribution in [0.1, 0.15) is 20.8 Å². The monoisotopic (exact) mass is 247 g/mol. The van der Waals surface area contributed by atoms with Crippen molar-refractivity contribution in [1.82, 2.24) is 10.2 Å². The van der Waals surface area contributed by atoms with Gasteiger partial charge in [0.05, 0.1) is 0 Å². The van der Waals surface area contributed by atoms with E-state index in [9.17, 15) is 14.7 Å². The molecule has 0 radical (unpaired) electrons. The van der Waals surface area contributed by atoms with Crippen LogP contribution in [-0.2, 0) is 0 Å². The number of rotatable bonds is 3. The highest BCUT2D eigenvalue weighted by Gasteiger charge is 2.11. The maximum atomic E-state index is 11.7. The van der Waals surface area contributed by atoms with E-state index >= 15 is 0 Å². The second-order valence-electron chi connectivity index (χ2n) is 3.48. The molecular formula is C11H9N3O4. The number of aromatic amines is 1. The fraction of sp³-hybridized carbons (Fsp3) is 0. The van der Waals surface area contributed by atoms with Gasteiger partial charge in [-0.05, 0) is 18.2 Å². The summed E-state index contributed by atoms with van der Waals surface area (Å²) in [5.41, 5.74) is 0.121. The maximum Gasteiger partial charge on any atom is 0.353 e. The number of benzene rings is 1. The third-order valence-corrected chi connectivity index (χ3v) is 2.16. The minimum absolute atomic E-state index is 0.0316. The number of carbonyl (C=O) groups is 2. The van der Waals surface area contributed by atoms with Crippen molar-refractivity contribution in [1.29, 1.82) is 0 Å². The number of amides is 1. The summed E-state index contributed by atoms with van der Waals surface area (Å²) in [6.45, 7) is 0. The fourth-order valence-electron chi connectivity index (χ4n) is 1.33. The van der Waals surface area contributed by atoms with Crippen molar-refractivity contribution in [3.8, 4) is 5.75 Å². The first-order valence-corrected chi connectivity index (χ1v) is 4.95. The Hall–Kier alpha value is -2.83. The number of hydrogen-bond donors (Lipinski definition) is 4. The number of carboxylic acids is 1. The second kappa shape index (κ2) is 4.58. The van der Waals surface area contributed by atoms with Crippen molar-refractivity contribution in [3.63, 3.8) is 0 Å². The zero-order valence-electron chi connectivity index (χ0n) is 9.04. The maximum absolute atomic E-state index is 11.7. The van der Waals surface area contributed by atoms with E-state index < -0.39 is 11.9 Å². The number of phenolic OH excluding ortho intramolecular Hbond substituents is 1. The van der Waals surface area contributed by atoms with Crippen molar-refractivity contribution in [3.05, 3.63) is 41.6 Å². The molecule has 0 aliphatic carbocycles. The molecule has 1 aromatic carbocycles. The van der Waals surface area contributed by atoms with E-state index in [1.165, 1.54) is 30.3 Å². The number of nitrogens with zero attached hydrogens (tertiary/aromatic N) is 1. The van der Waals surface area contributed by atoms with Crippen LogP contribution in [0, 0.1) is 0 Å². The molecule has 1 heterocycles. The summed E-state index contributed by atoms with van der Waals surface area (Å²) >= 11 is 0. The number of carbonyl (C=O) groups excluding carboxylic acids is 1. The van der Waals surface area contributed by atoms with Gasteiger partial charge in [-0.3, -0.25) is 9.89 Å². The zero-order valence-corrected chi connectivity index (χ0v) is 9.04. The van der Waals surface area contributed by atoms with Crippen LogP contribution in [0.4, 0.5) is 5.82 Å². The molecule has 0 spiro atoms. The quantitative estimate of drug-likeness (QED) is 0.647. The number of aromatic nitrogens is 2. The van der Waals surface area contributed by atoms with Gasteiger partial charge in [-0.1, -0.05) is 6.07 Å². The molecule has 7 nitrogen and oxygen atoms in total. The Balaban J connectivity index is 2.13. The Morgan fingerprint density at radius 3 is 2.67 bits per heavy atom. The van der Waals surface area contributed by atoms with E-state index in [0.29, 0.717) is 0 Å². The molecule has 0 atom stereocenters. The molecule has 0 unspecified atom stereocenters. The molecule has 92 valence electrons. The molecule has 1 aromatic heterocycles. The van der Waals surface area contributed by atoms with Crippen LogP contribution in [-0.4, -0.2) is 32.3 Å². The lowest BCUT2D eigenvalue weighted by Crippen LogP contribution is -2.11. The van der Waals surface area contributed by atoms with Crippen LogP contribution in [0.3, 0.4) is 0 Å². The number of aromatic hydroxyl groups is 1. The molecular weight excluding hydrogens is 238 g/mol. The lowest BCUT2D eigenvalue weighted by molar-refractivity contribution is 0.0690. The standard InChI is InChI=1S/C11H9N3O4/c15-7-3-1-2-6(4-7)10(16)12-9-5-8(11(17)18)13-14-9/h1-5,15H,(H,17,18)(H2,12,13,14,16). The van der Waals surface area contributed by atoms with Crippen LogP contribution in [0.2, 0.25) is 0 Å². The van der Waals surface area contributed by atoms with E-state index in [0.717, 1.165) is 0 Å². The number of aromatic carboxylic acids is 1. The molecule has 0 bridgehead atoms. The molecule has 0 fully saturated rings. The van der Waals surface area contributed by atoms with Gasteiger partial charge < -0.3 is 15.5 Å². The van der Waals surface area contributed by atoms with Gasteiger partial charge in [0.15, 0.2) is 5.82 Å². The Bertz CT molecular complexity index is 606. The smallest absolute Gasteiger partial charge is 0.353 e. The first-order chi connectivity index (χ1) is 8.56. The minimum atomic E-state index is -1.17. The molecule has 7 heteroatoms. The fourth-order valence-corrected chi connectivity index (χ4v) is 1.33. The van der Waals surface area contributed by atoms with Crippen LogP contribution < -0.4 is 5.32 Å². The molecule has 4 N–H and O–H groups in total. The van der Waals surface area contributed by atoms with E-state index in [2.05, 4.69) is 15.5 Å². The molecule has 0 aliphatic rings. The van der Waals surface area contributed by atoms with E-state index in [1.54, 1.807) is 0 Å². The van der Waals surface area contributed by atoms with Crippen LogP contribution in [0.25, 0.3) is 0 Å². The number of nitrogens with one attached hydrogen (secondary N) is 2. The van der Waals surface area contributed by atoms with Crippen LogP contribution >= 0.6 is 0 Å². The first kappa shape index (κ1) is 11.6. The topological polar surface area (TPSA) is 115 Å². The van der Waals surface area contributed by atoms with Crippen molar-refractivity contribution >= 4 is 17.7 Å². The predicted molar refractivity (Wildman–Crippen MR) is 61.6 cm³/mol. The van der Waals surface area contributed by atoms with Crippen molar-refractivity contribution in [2.24, 2.45) is 0 Å². The number of anilines is 1. The molecule has 18 heavy (non-hydrogen) atoms. The zero-order chi connectivity index (χ0) is 13.1. The summed E-state index contributed by atoms with van der Waals surface area (Å²) < 4.78 is 0. The van der Waals surface area contributed by atoms with Gasteiger partial charge in [-0.2, -0.15) is 5.10 Å². The Morgan fingerprint density at radius 1 is 1.28 bits per heavy atom. The highest BCUT2D eigenvalue weighted by Crippen LogP contribution is 2.13. The average molecular weight is 247 g/mol. The molecule has 1 amide bonds. The predicted octanol–water partition coefficient (Wildman–Crippen LogP) is 1.07. The average Bonchev–Trinajstić information content (AvgIpc) is 2.77. The largest absolute Gasteiger partial charge is 0.508 e. The van der Waals surface area contributed by atoms with Gasteiger partial charge in [-0.25, -0.2) is 4.79 Å². The molecule has 2 aromatic rings. The van der Waals surface area contributed by atoms with Crippen molar-refractivity contribution < 1.29 is 19.8 Å². The lowest BCUT2D eigenvalue weighted by Gasteiger charge is -2.01. The molecule has 0 saturated carbocycles. The second-order valence-corrected chi connectivity index (χ2v) is 3.48. The summed E-state index contributed by atoms with van der Waals surface area (Å²) in [6, 6.07) is 6.97. The minimum Gasteiger partial charge on any atom is -0.508 e. The summed E-state index contributed by atoms with van der Waals surface area (Å²) in [6.07, 6.45) is 0. The van der Waals surface area contributed by atoms with Gasteiger partial charge in [0, 0.05) is 11.6 Å². The first-order valence-electron chi connectivity index (χ1n) is 4.95. The summed E-state index contributed by atoms with van der Waals surface area (Å²) in [7, 11) is 0. The Kier molecular flexibility index (Phi) is 2.96. The number of phenols is 1. The van der Waals surface area contributed by atoms with Crippen molar-refractivity contribution in [2.45, 2.75) is 0 Å². The highest BCUT2D eigenvalue weighted by atomic mass is 16.4. The third-order valence-electron chi connectivity index (χ3n) is 2.16. The van der Waals surface area contributed by atoms with E-state index in [1.807, 2.05) is 0 Å². The van der Waals surface area contributed by atoms with Gasteiger partial charge in [0.25, 0.3) is 5.91 Å². The summed E-state index contributed by atoms with van der Waals surface area (Å²) in [4.78, 5) is 22.3. The normalized spacial score (nSPS) is 10.0. The Labute approximate surface area is 101 Å². The molecule has 0 aliphatic heterocycles. The van der Waals surface area contributed by atoms with Crippen LogP contribution in [0.5, 0.6) is 5.75 Å². The SMILES string of the molecule is O=C(Nc1cc(C(=O)O)[nH]n1)c1cccc(O)c1. The summed E-state index contributed by atoms with van der Waals surface area (Å²) in [5.74, 6) is -1.59. The highest BCUT2D eigenvalue weighted by molar-refractivity contribution is 6.04. The summed E-state index contributed by atoms with van der Waals surface area (Å²) in [5, 5.41) is 26.2. The number of carboxylic acid groups (broad SMARTS) is 1. The number of hydrogen-bond acceptors (Lipinski definition) is 4. The third kappa shape index (κ3) is 2.46. The van der Waals surface area contributed by atoms with Gasteiger partial charge in [0.1, 0.15) is 11.4 Å². The molecule has 2 rings (SSSR count). The van der Waals surface area contributed by atoms with Gasteiger partial charge in [-0.15, -0.1) is 0 Å². The number of H-pyrrole nitrogens is 1. The van der Waals surface area contributed by atoms with E-state index in [4.69, 9.17) is 5.11 Å². The van der Waals surface area contributed by atoms with Crippen molar-refractivity contribution in [2.75, 3.05) is 5.32 Å². The Morgan fingerprint density at radius 2 is 2.06 bits per heavy atom. The van der Waals surface area contributed by atoms with E-state index in [-0.39, 0.29) is 22.8 Å². The van der Waals surface area contributed by atoms with Crippen LogP contribution in [0.15, 0.2) is 30.3 Å². The van der Waals surface area contributed by atoms with Gasteiger partial charge >= 0.3 is 5.97 Å².